The van der Waals surface area contributed by atoms with Crippen molar-refractivity contribution in [1.82, 2.24) is 10.6 Å². The Labute approximate surface area is 125 Å². The van der Waals surface area contributed by atoms with E-state index in [1.807, 2.05) is 30.3 Å². The molecule has 1 aliphatic heterocycles. The molecule has 5 heteroatoms. The van der Waals surface area contributed by atoms with Crippen molar-refractivity contribution in [1.29, 1.82) is 0 Å². The van der Waals surface area contributed by atoms with E-state index in [9.17, 15) is 9.59 Å². The van der Waals surface area contributed by atoms with Crippen LogP contribution in [0.15, 0.2) is 30.3 Å². The van der Waals surface area contributed by atoms with E-state index in [1.165, 1.54) is 6.92 Å². The molecule has 2 atom stereocenters. The zero-order valence-electron chi connectivity index (χ0n) is 12.3. The Morgan fingerprint density at radius 1 is 1.33 bits per heavy atom. The highest BCUT2D eigenvalue weighted by Gasteiger charge is 2.19. The predicted molar refractivity (Wildman–Crippen MR) is 79.6 cm³/mol. The molecule has 0 spiro atoms. The van der Waals surface area contributed by atoms with Crippen molar-refractivity contribution < 1.29 is 14.3 Å². The first-order valence-electron chi connectivity index (χ1n) is 7.35. The summed E-state index contributed by atoms with van der Waals surface area (Å²) in [6.45, 7) is 2.78. The maximum absolute atomic E-state index is 12.0. The normalized spacial score (nSPS) is 19.0. The quantitative estimate of drug-likeness (QED) is 0.835. The summed E-state index contributed by atoms with van der Waals surface area (Å²) in [7, 11) is 0. The topological polar surface area (TPSA) is 67.4 Å². The lowest BCUT2D eigenvalue weighted by molar-refractivity contribution is -0.123. The molecule has 0 radical (unpaired) electrons. The third kappa shape index (κ3) is 5.19. The Morgan fingerprint density at radius 2 is 2.10 bits per heavy atom. The average Bonchev–Trinajstić information content (AvgIpc) is 2.98. The van der Waals surface area contributed by atoms with E-state index in [0.29, 0.717) is 6.54 Å². The van der Waals surface area contributed by atoms with Crippen molar-refractivity contribution in [3.05, 3.63) is 35.9 Å². The van der Waals surface area contributed by atoms with E-state index < -0.39 is 0 Å². The lowest BCUT2D eigenvalue weighted by Gasteiger charge is -2.18. The third-order valence-corrected chi connectivity index (χ3v) is 3.52. The fourth-order valence-electron chi connectivity index (χ4n) is 2.47. The molecule has 1 heterocycles. The SMILES string of the molecule is CC(=O)N[C@H](CC(=O)NC[C@@H]1CCCO1)c1ccccc1. The van der Waals surface area contributed by atoms with Crippen LogP contribution in [0.5, 0.6) is 0 Å². The summed E-state index contributed by atoms with van der Waals surface area (Å²) in [5.41, 5.74) is 0.931. The number of nitrogens with one attached hydrogen (secondary N) is 2. The highest BCUT2D eigenvalue weighted by Crippen LogP contribution is 2.16. The van der Waals surface area contributed by atoms with Crippen LogP contribution >= 0.6 is 0 Å². The summed E-state index contributed by atoms with van der Waals surface area (Å²) in [5.74, 6) is -0.219. The number of amides is 2. The molecular weight excluding hydrogens is 268 g/mol. The Kier molecular flexibility index (Phi) is 5.75. The minimum atomic E-state index is -0.298. The molecule has 0 unspecified atom stereocenters. The van der Waals surface area contributed by atoms with E-state index >= 15 is 0 Å². The molecular formula is C16H22N2O3. The van der Waals surface area contributed by atoms with Crippen LogP contribution in [0.1, 0.15) is 37.8 Å². The van der Waals surface area contributed by atoms with Crippen LogP contribution in [0.2, 0.25) is 0 Å². The van der Waals surface area contributed by atoms with E-state index in [-0.39, 0.29) is 30.4 Å². The van der Waals surface area contributed by atoms with Gasteiger partial charge in [-0.2, -0.15) is 0 Å². The number of rotatable bonds is 6. The van der Waals surface area contributed by atoms with Crippen molar-refractivity contribution in [2.45, 2.75) is 38.3 Å². The second-order valence-electron chi connectivity index (χ2n) is 5.31. The lowest BCUT2D eigenvalue weighted by atomic mass is 10.0. The minimum Gasteiger partial charge on any atom is -0.376 e. The molecule has 5 nitrogen and oxygen atoms in total. The van der Waals surface area contributed by atoms with Gasteiger partial charge in [-0.3, -0.25) is 9.59 Å². The number of benzene rings is 1. The Morgan fingerprint density at radius 3 is 2.71 bits per heavy atom. The molecule has 1 aliphatic rings. The second-order valence-corrected chi connectivity index (χ2v) is 5.31. The van der Waals surface area contributed by atoms with E-state index in [2.05, 4.69) is 10.6 Å². The Hall–Kier alpha value is -1.88. The van der Waals surface area contributed by atoms with E-state index in [4.69, 9.17) is 4.74 Å². The van der Waals surface area contributed by atoms with Crippen molar-refractivity contribution >= 4 is 11.8 Å². The maximum atomic E-state index is 12.0. The molecule has 1 fully saturated rings. The van der Waals surface area contributed by atoms with Crippen molar-refractivity contribution in [2.75, 3.05) is 13.2 Å². The van der Waals surface area contributed by atoms with Gasteiger partial charge < -0.3 is 15.4 Å². The van der Waals surface area contributed by atoms with E-state index in [0.717, 1.165) is 25.0 Å². The van der Waals surface area contributed by atoms with Crippen molar-refractivity contribution in [3.8, 4) is 0 Å². The first-order valence-corrected chi connectivity index (χ1v) is 7.35. The summed E-state index contributed by atoms with van der Waals surface area (Å²) < 4.78 is 5.47. The second kappa shape index (κ2) is 7.78. The summed E-state index contributed by atoms with van der Waals surface area (Å²) in [4.78, 5) is 23.4. The number of hydrogen-bond donors (Lipinski definition) is 2. The highest BCUT2D eigenvalue weighted by molar-refractivity contribution is 5.79. The fourth-order valence-corrected chi connectivity index (χ4v) is 2.47. The molecule has 2 amide bonds. The van der Waals surface area contributed by atoms with Gasteiger partial charge in [0.15, 0.2) is 0 Å². The molecule has 2 N–H and O–H groups in total. The summed E-state index contributed by atoms with van der Waals surface area (Å²) >= 11 is 0. The highest BCUT2D eigenvalue weighted by atomic mass is 16.5. The van der Waals surface area contributed by atoms with Gasteiger partial charge in [-0.25, -0.2) is 0 Å². The van der Waals surface area contributed by atoms with Crippen LogP contribution in [0.3, 0.4) is 0 Å². The van der Waals surface area contributed by atoms with Crippen LogP contribution in [0.25, 0.3) is 0 Å². The standard InChI is InChI=1S/C16H22N2O3/c1-12(19)18-15(13-6-3-2-4-7-13)10-16(20)17-11-14-8-5-9-21-14/h2-4,6-7,14-15H,5,8-11H2,1H3,(H,17,20)(H,18,19)/t14-,15+/m0/s1. The average molecular weight is 290 g/mol. The van der Waals surface area contributed by atoms with Gasteiger partial charge in [-0.05, 0) is 18.4 Å². The van der Waals surface area contributed by atoms with Crippen LogP contribution in [0.4, 0.5) is 0 Å². The zero-order chi connectivity index (χ0) is 15.1. The largest absolute Gasteiger partial charge is 0.376 e. The van der Waals surface area contributed by atoms with Gasteiger partial charge in [0.1, 0.15) is 0 Å². The molecule has 21 heavy (non-hydrogen) atoms. The molecule has 1 aromatic carbocycles. The Balaban J connectivity index is 1.88. The maximum Gasteiger partial charge on any atom is 0.222 e. The summed E-state index contributed by atoms with van der Waals surface area (Å²) in [6.07, 6.45) is 2.41. The van der Waals surface area contributed by atoms with Gasteiger partial charge in [0.05, 0.1) is 18.6 Å². The first kappa shape index (κ1) is 15.5. The molecule has 0 bridgehead atoms. The third-order valence-electron chi connectivity index (χ3n) is 3.52. The van der Waals surface area contributed by atoms with Gasteiger partial charge in [0.2, 0.25) is 11.8 Å². The molecule has 2 rings (SSSR count). The smallest absolute Gasteiger partial charge is 0.222 e. The van der Waals surface area contributed by atoms with Gasteiger partial charge in [0, 0.05) is 20.1 Å². The minimum absolute atomic E-state index is 0.0758. The first-order chi connectivity index (χ1) is 10.1. The van der Waals surface area contributed by atoms with E-state index in [1.54, 1.807) is 0 Å². The van der Waals surface area contributed by atoms with Crippen molar-refractivity contribution in [3.63, 3.8) is 0 Å². The molecule has 1 aromatic rings. The number of carbonyl (C=O) groups is 2. The Bertz CT molecular complexity index is 470. The van der Waals surface area contributed by atoms with Gasteiger partial charge >= 0.3 is 0 Å². The lowest BCUT2D eigenvalue weighted by Crippen LogP contribution is -2.36. The van der Waals surface area contributed by atoms with Gasteiger partial charge in [-0.1, -0.05) is 30.3 Å². The van der Waals surface area contributed by atoms with Crippen LogP contribution in [-0.4, -0.2) is 31.1 Å². The molecule has 0 aliphatic carbocycles. The van der Waals surface area contributed by atoms with Crippen LogP contribution < -0.4 is 10.6 Å². The van der Waals surface area contributed by atoms with Gasteiger partial charge in [0.25, 0.3) is 0 Å². The molecule has 0 aromatic heterocycles. The molecule has 0 saturated carbocycles. The van der Waals surface area contributed by atoms with Crippen LogP contribution in [-0.2, 0) is 14.3 Å². The van der Waals surface area contributed by atoms with Crippen molar-refractivity contribution in [2.24, 2.45) is 0 Å². The molecule has 1 saturated heterocycles. The number of hydrogen-bond acceptors (Lipinski definition) is 3. The van der Waals surface area contributed by atoms with Gasteiger partial charge in [-0.15, -0.1) is 0 Å². The zero-order valence-corrected chi connectivity index (χ0v) is 12.3. The molecule has 114 valence electrons. The number of ether oxygens (including phenoxy) is 1. The van der Waals surface area contributed by atoms with Crippen LogP contribution in [0, 0.1) is 0 Å². The summed E-state index contributed by atoms with van der Waals surface area (Å²) in [6, 6.07) is 9.23. The monoisotopic (exact) mass is 290 g/mol. The summed E-state index contributed by atoms with van der Waals surface area (Å²) in [5, 5.41) is 5.71. The number of carbonyl (C=O) groups excluding carboxylic acids is 2. The predicted octanol–water partition coefficient (Wildman–Crippen LogP) is 1.55. The fraction of sp³-hybridized carbons (Fsp3) is 0.500.